The van der Waals surface area contributed by atoms with Gasteiger partial charge in [-0.05, 0) is 12.1 Å². The van der Waals surface area contributed by atoms with Crippen molar-refractivity contribution in [3.63, 3.8) is 0 Å². The van der Waals surface area contributed by atoms with Gasteiger partial charge in [-0.1, -0.05) is 17.7 Å². The Hall–Kier alpha value is -0.840. The Balaban J connectivity index is 2.13. The molecule has 1 aliphatic rings. The van der Waals surface area contributed by atoms with Gasteiger partial charge in [-0.25, -0.2) is 4.39 Å². The summed E-state index contributed by atoms with van der Waals surface area (Å²) >= 11 is 5.63. The van der Waals surface area contributed by atoms with E-state index >= 15 is 0 Å². The van der Waals surface area contributed by atoms with Crippen LogP contribution in [0.5, 0.6) is 0 Å². The van der Waals surface area contributed by atoms with Crippen LogP contribution in [0.2, 0.25) is 5.02 Å². The predicted molar refractivity (Wildman–Crippen MR) is 55.6 cm³/mol. The van der Waals surface area contributed by atoms with E-state index in [1.165, 1.54) is 6.07 Å². The van der Waals surface area contributed by atoms with Crippen molar-refractivity contribution in [2.24, 2.45) is 0 Å². The van der Waals surface area contributed by atoms with E-state index in [1.54, 1.807) is 12.1 Å². The van der Waals surface area contributed by atoms with E-state index in [2.05, 4.69) is 5.32 Å². The van der Waals surface area contributed by atoms with Gasteiger partial charge in [0.15, 0.2) is 5.82 Å². The lowest BCUT2D eigenvalue weighted by molar-refractivity contribution is 0.125. The summed E-state index contributed by atoms with van der Waals surface area (Å²) < 4.78 is 18.5. The maximum atomic E-state index is 13.5. The molecule has 0 amide bonds. The zero-order valence-corrected chi connectivity index (χ0v) is 8.67. The fraction of sp³-hybridized carbons (Fsp3) is 0.400. The van der Waals surface area contributed by atoms with Gasteiger partial charge in [0.05, 0.1) is 36.1 Å². The summed E-state index contributed by atoms with van der Waals surface area (Å²) in [5, 5.41) is 12.4. The van der Waals surface area contributed by atoms with Gasteiger partial charge < -0.3 is 15.2 Å². The van der Waals surface area contributed by atoms with E-state index in [0.29, 0.717) is 6.61 Å². The van der Waals surface area contributed by atoms with Crippen molar-refractivity contribution < 1.29 is 14.2 Å². The first-order valence-corrected chi connectivity index (χ1v) is 5.02. The van der Waals surface area contributed by atoms with Crippen LogP contribution in [-0.2, 0) is 4.74 Å². The van der Waals surface area contributed by atoms with Crippen LogP contribution in [0.4, 0.5) is 10.1 Å². The van der Waals surface area contributed by atoms with E-state index in [9.17, 15) is 9.50 Å². The quantitative estimate of drug-likeness (QED) is 0.813. The Morgan fingerprint density at radius 3 is 2.93 bits per heavy atom. The van der Waals surface area contributed by atoms with Crippen molar-refractivity contribution >= 4 is 17.3 Å². The lowest BCUT2D eigenvalue weighted by Gasteiger charge is -2.16. The molecule has 0 saturated carbocycles. The van der Waals surface area contributed by atoms with Crippen molar-refractivity contribution in [3.8, 4) is 0 Å². The van der Waals surface area contributed by atoms with Gasteiger partial charge >= 0.3 is 0 Å². The molecule has 1 heterocycles. The molecule has 1 aromatic rings. The van der Waals surface area contributed by atoms with E-state index < -0.39 is 11.9 Å². The smallest absolute Gasteiger partial charge is 0.164 e. The van der Waals surface area contributed by atoms with Crippen LogP contribution < -0.4 is 5.32 Å². The molecule has 1 fully saturated rings. The molecule has 1 aromatic carbocycles. The summed E-state index contributed by atoms with van der Waals surface area (Å²) in [6.07, 6.45) is -0.608. The molecule has 0 aromatic heterocycles. The molecular weight excluding hydrogens is 221 g/mol. The molecule has 1 aliphatic heterocycles. The Kier molecular flexibility index (Phi) is 3.09. The molecule has 0 spiro atoms. The molecule has 0 bridgehead atoms. The van der Waals surface area contributed by atoms with Gasteiger partial charge in [-0.3, -0.25) is 0 Å². The standard InChI is InChI=1S/C10H11ClFNO2/c11-6-2-1-3-7(10(6)12)13-8-4-15-5-9(8)14/h1-3,8-9,13-14H,4-5H2. The zero-order chi connectivity index (χ0) is 10.8. The molecule has 2 N–H and O–H groups in total. The topological polar surface area (TPSA) is 41.5 Å². The van der Waals surface area contributed by atoms with Crippen LogP contribution >= 0.6 is 11.6 Å². The van der Waals surface area contributed by atoms with E-state index in [1.807, 2.05) is 0 Å². The van der Waals surface area contributed by atoms with Crippen molar-refractivity contribution in [2.45, 2.75) is 12.1 Å². The second-order valence-electron chi connectivity index (χ2n) is 3.46. The number of halogens is 2. The fourth-order valence-corrected chi connectivity index (χ4v) is 1.67. The summed E-state index contributed by atoms with van der Waals surface area (Å²) in [5.41, 5.74) is 0.289. The number of hydrogen-bond donors (Lipinski definition) is 2. The van der Waals surface area contributed by atoms with Crippen molar-refractivity contribution in [2.75, 3.05) is 18.5 Å². The normalized spacial score (nSPS) is 25.5. The number of aliphatic hydroxyl groups excluding tert-OH is 1. The minimum Gasteiger partial charge on any atom is -0.388 e. The van der Waals surface area contributed by atoms with Crippen LogP contribution in [0.1, 0.15) is 0 Å². The van der Waals surface area contributed by atoms with Crippen molar-refractivity contribution in [1.82, 2.24) is 0 Å². The summed E-state index contributed by atoms with van der Waals surface area (Å²) in [6.45, 7) is 0.646. The first kappa shape index (κ1) is 10.7. The van der Waals surface area contributed by atoms with Gasteiger partial charge in [0.2, 0.25) is 0 Å². The SMILES string of the molecule is OC1COCC1Nc1cccc(Cl)c1F. The van der Waals surface area contributed by atoms with E-state index in [0.717, 1.165) is 0 Å². The number of hydrogen-bond acceptors (Lipinski definition) is 3. The number of rotatable bonds is 2. The first-order valence-electron chi connectivity index (χ1n) is 4.65. The van der Waals surface area contributed by atoms with Crippen LogP contribution in [0, 0.1) is 5.82 Å². The number of aliphatic hydroxyl groups is 1. The van der Waals surface area contributed by atoms with Gasteiger partial charge in [0.1, 0.15) is 0 Å². The lowest BCUT2D eigenvalue weighted by atomic mass is 10.2. The monoisotopic (exact) mass is 231 g/mol. The average Bonchev–Trinajstić information content (AvgIpc) is 2.60. The second kappa shape index (κ2) is 4.35. The lowest BCUT2D eigenvalue weighted by Crippen LogP contribution is -2.32. The Bertz CT molecular complexity index is 361. The van der Waals surface area contributed by atoms with Gasteiger partial charge in [-0.2, -0.15) is 0 Å². The highest BCUT2D eigenvalue weighted by atomic mass is 35.5. The number of anilines is 1. The van der Waals surface area contributed by atoms with Crippen LogP contribution in [-0.4, -0.2) is 30.5 Å². The third-order valence-corrected chi connectivity index (χ3v) is 2.63. The molecule has 3 nitrogen and oxygen atoms in total. The highest BCUT2D eigenvalue weighted by Crippen LogP contribution is 2.23. The highest BCUT2D eigenvalue weighted by molar-refractivity contribution is 6.31. The maximum absolute atomic E-state index is 13.5. The van der Waals surface area contributed by atoms with Gasteiger partial charge in [0.25, 0.3) is 0 Å². The van der Waals surface area contributed by atoms with Crippen molar-refractivity contribution in [1.29, 1.82) is 0 Å². The third-order valence-electron chi connectivity index (χ3n) is 2.34. The Morgan fingerprint density at radius 1 is 1.47 bits per heavy atom. The number of ether oxygens (including phenoxy) is 1. The molecule has 82 valence electrons. The average molecular weight is 232 g/mol. The molecule has 5 heteroatoms. The highest BCUT2D eigenvalue weighted by Gasteiger charge is 2.26. The largest absolute Gasteiger partial charge is 0.388 e. The Morgan fingerprint density at radius 2 is 2.27 bits per heavy atom. The second-order valence-corrected chi connectivity index (χ2v) is 3.86. The minimum atomic E-state index is -0.608. The summed E-state index contributed by atoms with van der Waals surface area (Å²) in [5.74, 6) is -0.502. The summed E-state index contributed by atoms with van der Waals surface area (Å²) in [6, 6.07) is 4.42. The van der Waals surface area contributed by atoms with E-state index in [4.69, 9.17) is 16.3 Å². The molecule has 2 rings (SSSR count). The maximum Gasteiger partial charge on any atom is 0.164 e. The van der Waals surface area contributed by atoms with Crippen molar-refractivity contribution in [3.05, 3.63) is 29.0 Å². The van der Waals surface area contributed by atoms with Gasteiger partial charge in [0, 0.05) is 0 Å². The van der Waals surface area contributed by atoms with Crippen LogP contribution in [0.3, 0.4) is 0 Å². The molecule has 15 heavy (non-hydrogen) atoms. The molecule has 2 unspecified atom stereocenters. The van der Waals surface area contributed by atoms with Crippen LogP contribution in [0.25, 0.3) is 0 Å². The third kappa shape index (κ3) is 2.22. The molecule has 0 aliphatic carbocycles. The van der Waals surface area contributed by atoms with E-state index in [-0.39, 0.29) is 23.4 Å². The minimum absolute atomic E-state index is 0.0633. The molecular formula is C10H11ClFNO2. The molecule has 1 saturated heterocycles. The van der Waals surface area contributed by atoms with Gasteiger partial charge in [-0.15, -0.1) is 0 Å². The summed E-state index contributed by atoms with van der Waals surface area (Å²) in [4.78, 5) is 0. The number of benzene rings is 1. The molecule has 2 atom stereocenters. The molecule has 0 radical (unpaired) electrons. The zero-order valence-electron chi connectivity index (χ0n) is 7.91. The summed E-state index contributed by atoms with van der Waals surface area (Å²) in [7, 11) is 0. The van der Waals surface area contributed by atoms with Crippen LogP contribution in [0.15, 0.2) is 18.2 Å². The predicted octanol–water partition coefficient (Wildman–Crippen LogP) is 1.65. The number of nitrogens with one attached hydrogen (secondary N) is 1. The fourth-order valence-electron chi connectivity index (χ4n) is 1.50. The first-order chi connectivity index (χ1) is 7.18. The Labute approximate surface area is 91.8 Å².